The first kappa shape index (κ1) is 17.1. The van der Waals surface area contributed by atoms with Crippen LogP contribution in [0.15, 0.2) is 40.0 Å². The highest BCUT2D eigenvalue weighted by molar-refractivity contribution is 7.07. The van der Waals surface area contributed by atoms with E-state index in [9.17, 15) is 0 Å². The Kier molecular flexibility index (Phi) is 6.75. The highest BCUT2D eigenvalue weighted by Crippen LogP contribution is 2.27. The van der Waals surface area contributed by atoms with E-state index in [0.717, 1.165) is 29.6 Å². The molecule has 1 heterocycles. The van der Waals surface area contributed by atoms with Crippen molar-refractivity contribution < 1.29 is 9.47 Å². The number of hydrogen-bond acceptors (Lipinski definition) is 4. The lowest BCUT2D eigenvalue weighted by molar-refractivity contribution is 0.310. The van der Waals surface area contributed by atoms with Gasteiger partial charge < -0.3 is 20.1 Å². The van der Waals surface area contributed by atoms with Gasteiger partial charge in [0.2, 0.25) is 0 Å². The molecule has 0 saturated carbocycles. The minimum atomic E-state index is 0.618. The van der Waals surface area contributed by atoms with E-state index >= 15 is 0 Å². The van der Waals surface area contributed by atoms with Gasteiger partial charge in [0.1, 0.15) is 0 Å². The summed E-state index contributed by atoms with van der Waals surface area (Å²) in [6, 6.07) is 8.03. The summed E-state index contributed by atoms with van der Waals surface area (Å²) in [4.78, 5) is 4.23. The van der Waals surface area contributed by atoms with Crippen molar-refractivity contribution in [2.24, 2.45) is 4.99 Å². The molecular formula is C17H23N3O2S. The second kappa shape index (κ2) is 9.05. The third-order valence-electron chi connectivity index (χ3n) is 3.25. The molecule has 6 heteroatoms. The quantitative estimate of drug-likeness (QED) is 0.604. The summed E-state index contributed by atoms with van der Waals surface area (Å²) >= 11 is 1.69. The van der Waals surface area contributed by atoms with Crippen LogP contribution in [0.4, 0.5) is 0 Å². The van der Waals surface area contributed by atoms with Crippen molar-refractivity contribution in [1.29, 1.82) is 0 Å². The van der Waals surface area contributed by atoms with Crippen molar-refractivity contribution >= 4 is 17.3 Å². The van der Waals surface area contributed by atoms with Gasteiger partial charge in [-0.05, 0) is 47.0 Å². The third-order valence-corrected chi connectivity index (χ3v) is 3.98. The Labute approximate surface area is 141 Å². The summed E-state index contributed by atoms with van der Waals surface area (Å²) in [6.07, 6.45) is 0. The molecule has 0 aliphatic heterocycles. The molecule has 124 valence electrons. The molecule has 0 saturated heterocycles. The Bertz CT molecular complexity index is 627. The van der Waals surface area contributed by atoms with Crippen LogP contribution in [0.25, 0.3) is 0 Å². The van der Waals surface area contributed by atoms with Gasteiger partial charge in [-0.15, -0.1) is 0 Å². The monoisotopic (exact) mass is 333 g/mol. The second-order valence-corrected chi connectivity index (χ2v) is 5.61. The van der Waals surface area contributed by atoms with Gasteiger partial charge in [-0.2, -0.15) is 11.3 Å². The van der Waals surface area contributed by atoms with E-state index in [4.69, 9.17) is 9.47 Å². The first-order chi connectivity index (χ1) is 11.3. The van der Waals surface area contributed by atoms with Gasteiger partial charge in [0, 0.05) is 20.1 Å². The molecule has 0 amide bonds. The summed E-state index contributed by atoms with van der Waals surface area (Å²) < 4.78 is 10.9. The zero-order valence-electron chi connectivity index (χ0n) is 13.8. The molecule has 1 aromatic carbocycles. The maximum Gasteiger partial charge on any atom is 0.191 e. The van der Waals surface area contributed by atoms with Crippen LogP contribution in [0.5, 0.6) is 11.5 Å². The highest BCUT2D eigenvalue weighted by Gasteiger charge is 2.06. The van der Waals surface area contributed by atoms with E-state index in [1.165, 1.54) is 5.56 Å². The van der Waals surface area contributed by atoms with Crippen LogP contribution in [-0.4, -0.2) is 26.7 Å². The molecule has 5 nitrogen and oxygen atoms in total. The van der Waals surface area contributed by atoms with Crippen molar-refractivity contribution in [2.45, 2.75) is 20.0 Å². The minimum Gasteiger partial charge on any atom is -0.493 e. The zero-order valence-corrected chi connectivity index (χ0v) is 14.6. The lowest BCUT2D eigenvalue weighted by atomic mass is 10.2. The number of aliphatic imine (C=N–C) groups is 1. The van der Waals surface area contributed by atoms with E-state index in [1.54, 1.807) is 25.5 Å². The lowest BCUT2D eigenvalue weighted by Gasteiger charge is -2.13. The van der Waals surface area contributed by atoms with Gasteiger partial charge in [-0.1, -0.05) is 6.07 Å². The molecule has 1 aromatic heterocycles. The average Bonchev–Trinajstić information content (AvgIpc) is 3.09. The Balaban J connectivity index is 1.90. The number of hydrogen-bond donors (Lipinski definition) is 2. The molecule has 2 aromatic rings. The van der Waals surface area contributed by atoms with Crippen LogP contribution in [0.1, 0.15) is 18.1 Å². The van der Waals surface area contributed by atoms with Gasteiger partial charge in [0.05, 0.1) is 13.7 Å². The number of ether oxygens (including phenoxy) is 2. The summed E-state index contributed by atoms with van der Waals surface area (Å²) in [5, 5.41) is 10.8. The maximum absolute atomic E-state index is 5.53. The summed E-state index contributed by atoms with van der Waals surface area (Å²) in [7, 11) is 3.41. The summed E-state index contributed by atoms with van der Waals surface area (Å²) in [5.41, 5.74) is 2.35. The first-order valence-corrected chi connectivity index (χ1v) is 8.46. The minimum absolute atomic E-state index is 0.618. The second-order valence-electron chi connectivity index (χ2n) is 4.83. The smallest absolute Gasteiger partial charge is 0.191 e. The molecule has 0 bridgehead atoms. The molecule has 2 N–H and O–H groups in total. The van der Waals surface area contributed by atoms with Gasteiger partial charge in [-0.3, -0.25) is 4.99 Å². The molecule has 2 rings (SSSR count). The standard InChI is InChI=1S/C17H23N3O2S/c1-4-22-15-6-5-13(9-16(15)21-3)10-19-17(18-2)20-11-14-7-8-23-12-14/h5-9,12H,4,10-11H2,1-3H3,(H2,18,19,20). The predicted octanol–water partition coefficient (Wildman–Crippen LogP) is 3.02. The number of guanidine groups is 1. The maximum atomic E-state index is 5.53. The van der Waals surface area contributed by atoms with E-state index in [-0.39, 0.29) is 0 Å². The fourth-order valence-corrected chi connectivity index (χ4v) is 2.75. The van der Waals surface area contributed by atoms with E-state index in [0.29, 0.717) is 13.2 Å². The van der Waals surface area contributed by atoms with Crippen molar-refractivity contribution in [3.63, 3.8) is 0 Å². The van der Waals surface area contributed by atoms with Crippen LogP contribution in [0.3, 0.4) is 0 Å². The largest absolute Gasteiger partial charge is 0.493 e. The highest BCUT2D eigenvalue weighted by atomic mass is 32.1. The average molecular weight is 333 g/mol. The predicted molar refractivity (Wildman–Crippen MR) is 95.5 cm³/mol. The molecule has 0 fully saturated rings. The topological polar surface area (TPSA) is 54.9 Å². The normalized spacial score (nSPS) is 11.2. The van der Waals surface area contributed by atoms with Crippen molar-refractivity contribution in [1.82, 2.24) is 10.6 Å². The van der Waals surface area contributed by atoms with Crippen molar-refractivity contribution in [3.05, 3.63) is 46.2 Å². The Hall–Kier alpha value is -2.21. The fourth-order valence-electron chi connectivity index (χ4n) is 2.08. The molecule has 0 spiro atoms. The molecule has 0 radical (unpaired) electrons. The van der Waals surface area contributed by atoms with Gasteiger partial charge >= 0.3 is 0 Å². The van der Waals surface area contributed by atoms with Crippen molar-refractivity contribution in [3.8, 4) is 11.5 Å². The number of methoxy groups -OCH3 is 1. The van der Waals surface area contributed by atoms with Crippen LogP contribution in [-0.2, 0) is 13.1 Å². The molecule has 0 atom stereocenters. The lowest BCUT2D eigenvalue weighted by Crippen LogP contribution is -2.36. The van der Waals surface area contributed by atoms with E-state index < -0.39 is 0 Å². The Morgan fingerprint density at radius 2 is 1.91 bits per heavy atom. The Morgan fingerprint density at radius 3 is 2.52 bits per heavy atom. The van der Waals surface area contributed by atoms with Crippen molar-refractivity contribution in [2.75, 3.05) is 20.8 Å². The Morgan fingerprint density at radius 1 is 1.13 bits per heavy atom. The molecular weight excluding hydrogens is 310 g/mol. The van der Waals surface area contributed by atoms with Gasteiger partial charge in [-0.25, -0.2) is 0 Å². The zero-order chi connectivity index (χ0) is 16.5. The van der Waals surface area contributed by atoms with E-state index in [2.05, 4.69) is 32.5 Å². The SMILES string of the molecule is CCOc1ccc(CNC(=NC)NCc2ccsc2)cc1OC. The first-order valence-electron chi connectivity index (χ1n) is 7.52. The number of benzene rings is 1. The van der Waals surface area contributed by atoms with Crippen LogP contribution in [0.2, 0.25) is 0 Å². The molecule has 0 unspecified atom stereocenters. The number of nitrogens with one attached hydrogen (secondary N) is 2. The molecule has 0 aliphatic rings. The van der Waals surface area contributed by atoms with Gasteiger partial charge in [0.15, 0.2) is 17.5 Å². The van der Waals surface area contributed by atoms with Crippen LogP contribution >= 0.6 is 11.3 Å². The number of thiophene rings is 1. The van der Waals surface area contributed by atoms with Gasteiger partial charge in [0.25, 0.3) is 0 Å². The number of rotatable bonds is 7. The summed E-state index contributed by atoms with van der Waals surface area (Å²) in [5.74, 6) is 2.27. The van der Waals surface area contributed by atoms with E-state index in [1.807, 2.05) is 25.1 Å². The molecule has 0 aliphatic carbocycles. The fraction of sp³-hybridized carbons (Fsp3) is 0.353. The third kappa shape index (κ3) is 5.17. The van der Waals surface area contributed by atoms with Crippen LogP contribution in [0, 0.1) is 0 Å². The summed E-state index contributed by atoms with van der Waals surface area (Å²) in [6.45, 7) is 3.99. The number of nitrogens with zero attached hydrogens (tertiary/aromatic N) is 1. The molecule has 23 heavy (non-hydrogen) atoms. The van der Waals surface area contributed by atoms with Crippen LogP contribution < -0.4 is 20.1 Å².